The van der Waals surface area contributed by atoms with E-state index in [1.165, 1.54) is 0 Å². The number of furan rings is 1. The molecule has 0 aliphatic heterocycles. The zero-order valence-electron chi connectivity index (χ0n) is 16.3. The zero-order chi connectivity index (χ0) is 19.8. The van der Waals surface area contributed by atoms with E-state index in [0.29, 0.717) is 37.6 Å². The predicted octanol–water partition coefficient (Wildman–Crippen LogP) is 4.81. The minimum atomic E-state index is 0.0692. The molecule has 3 rings (SSSR count). The maximum atomic E-state index is 12.4. The van der Waals surface area contributed by atoms with Gasteiger partial charge in [0.2, 0.25) is 5.91 Å². The number of nitrogens with zero attached hydrogens (tertiary/aromatic N) is 1. The Morgan fingerprint density at radius 3 is 2.46 bits per heavy atom. The second-order valence-corrected chi connectivity index (χ2v) is 6.44. The first kappa shape index (κ1) is 19.5. The normalized spacial score (nSPS) is 10.5. The number of carbonyl (C=O) groups excluding carboxylic acids is 1. The van der Waals surface area contributed by atoms with E-state index in [1.54, 1.807) is 18.3 Å². The van der Waals surface area contributed by atoms with Gasteiger partial charge in [-0.3, -0.25) is 4.79 Å². The molecule has 2 aromatic carbocycles. The quantitative estimate of drug-likeness (QED) is 0.536. The van der Waals surface area contributed by atoms with Crippen LogP contribution in [-0.4, -0.2) is 17.9 Å². The molecule has 0 spiro atoms. The summed E-state index contributed by atoms with van der Waals surface area (Å²) in [7, 11) is 1.62. The Kier molecular flexibility index (Phi) is 6.73. The highest BCUT2D eigenvalue weighted by Gasteiger charge is 2.15. The van der Waals surface area contributed by atoms with E-state index in [4.69, 9.17) is 13.9 Å². The van der Waals surface area contributed by atoms with Gasteiger partial charge >= 0.3 is 0 Å². The summed E-state index contributed by atoms with van der Waals surface area (Å²) < 4.78 is 16.8. The van der Waals surface area contributed by atoms with Crippen molar-refractivity contribution in [3.8, 4) is 11.5 Å². The number of hydrogen-bond donors (Lipinski definition) is 0. The van der Waals surface area contributed by atoms with Gasteiger partial charge in [-0.1, -0.05) is 43.3 Å². The highest BCUT2D eigenvalue weighted by molar-refractivity contribution is 5.75. The summed E-state index contributed by atoms with van der Waals surface area (Å²) in [4.78, 5) is 14.1. The van der Waals surface area contributed by atoms with Crippen molar-refractivity contribution in [1.29, 1.82) is 0 Å². The molecule has 0 bridgehead atoms. The van der Waals surface area contributed by atoms with E-state index >= 15 is 0 Å². The van der Waals surface area contributed by atoms with Crippen molar-refractivity contribution < 1.29 is 18.7 Å². The largest absolute Gasteiger partial charge is 0.493 e. The Hall–Kier alpha value is -3.21. The van der Waals surface area contributed by atoms with Crippen molar-refractivity contribution in [2.24, 2.45) is 0 Å². The van der Waals surface area contributed by atoms with E-state index in [0.717, 1.165) is 16.9 Å². The topological polar surface area (TPSA) is 51.9 Å². The summed E-state index contributed by atoms with van der Waals surface area (Å²) in [5, 5.41) is 0. The number of ether oxygens (including phenoxy) is 2. The van der Waals surface area contributed by atoms with Crippen LogP contribution in [0.2, 0.25) is 0 Å². The molecule has 146 valence electrons. The highest BCUT2D eigenvalue weighted by Crippen LogP contribution is 2.29. The molecule has 0 unspecified atom stereocenters. The number of hydrogen-bond acceptors (Lipinski definition) is 4. The summed E-state index contributed by atoms with van der Waals surface area (Å²) in [6, 6.07) is 19.4. The molecule has 0 fully saturated rings. The Bertz CT molecular complexity index is 875. The van der Waals surface area contributed by atoms with Crippen LogP contribution in [0.1, 0.15) is 30.2 Å². The fraction of sp³-hybridized carbons (Fsp3) is 0.261. The predicted molar refractivity (Wildman–Crippen MR) is 107 cm³/mol. The molecule has 5 heteroatoms. The van der Waals surface area contributed by atoms with Crippen LogP contribution in [0.5, 0.6) is 11.5 Å². The van der Waals surface area contributed by atoms with E-state index in [1.807, 2.05) is 67.6 Å². The van der Waals surface area contributed by atoms with Crippen molar-refractivity contribution in [2.45, 2.75) is 33.0 Å². The lowest BCUT2D eigenvalue weighted by Gasteiger charge is -2.22. The van der Waals surface area contributed by atoms with Gasteiger partial charge in [-0.05, 0) is 35.4 Å². The number of benzene rings is 2. The smallest absolute Gasteiger partial charge is 0.222 e. The van der Waals surface area contributed by atoms with Crippen LogP contribution < -0.4 is 9.47 Å². The maximum absolute atomic E-state index is 12.4. The summed E-state index contributed by atoms with van der Waals surface area (Å²) >= 11 is 0. The number of amides is 1. The van der Waals surface area contributed by atoms with Gasteiger partial charge in [0, 0.05) is 13.0 Å². The van der Waals surface area contributed by atoms with Crippen LogP contribution in [0.3, 0.4) is 0 Å². The van der Waals surface area contributed by atoms with Crippen LogP contribution in [-0.2, 0) is 24.5 Å². The first-order valence-corrected chi connectivity index (χ1v) is 9.33. The van der Waals surface area contributed by atoms with Gasteiger partial charge in [-0.25, -0.2) is 0 Å². The molecule has 0 saturated carbocycles. The third-order valence-corrected chi connectivity index (χ3v) is 4.42. The van der Waals surface area contributed by atoms with Crippen molar-refractivity contribution in [3.05, 3.63) is 83.8 Å². The molecular formula is C23H25NO4. The van der Waals surface area contributed by atoms with Gasteiger partial charge in [-0.2, -0.15) is 0 Å². The van der Waals surface area contributed by atoms with Gasteiger partial charge in [0.1, 0.15) is 12.4 Å². The molecule has 0 N–H and O–H groups in total. The van der Waals surface area contributed by atoms with E-state index in [2.05, 4.69) is 0 Å². The average Bonchev–Trinajstić information content (AvgIpc) is 3.25. The standard InChI is InChI=1S/C23H25NO4/c1-3-23(25)24(16-20-10-7-13-27-20)15-19-11-12-21(22(14-19)26-2)28-17-18-8-5-4-6-9-18/h4-14H,3,15-17H2,1-2H3. The maximum Gasteiger partial charge on any atom is 0.222 e. The fourth-order valence-electron chi connectivity index (χ4n) is 2.93. The molecule has 5 nitrogen and oxygen atoms in total. The molecule has 1 heterocycles. The summed E-state index contributed by atoms with van der Waals surface area (Å²) in [6.45, 7) is 3.24. The second-order valence-electron chi connectivity index (χ2n) is 6.44. The van der Waals surface area contributed by atoms with Gasteiger partial charge in [-0.15, -0.1) is 0 Å². The van der Waals surface area contributed by atoms with Gasteiger partial charge in [0.05, 0.1) is 19.9 Å². The van der Waals surface area contributed by atoms with Gasteiger partial charge in [0.15, 0.2) is 11.5 Å². The Balaban J connectivity index is 1.71. The van der Waals surface area contributed by atoms with Crippen LogP contribution >= 0.6 is 0 Å². The van der Waals surface area contributed by atoms with E-state index < -0.39 is 0 Å². The number of methoxy groups -OCH3 is 1. The fourth-order valence-corrected chi connectivity index (χ4v) is 2.93. The molecule has 28 heavy (non-hydrogen) atoms. The number of carbonyl (C=O) groups is 1. The van der Waals surface area contributed by atoms with E-state index in [9.17, 15) is 4.79 Å². The van der Waals surface area contributed by atoms with E-state index in [-0.39, 0.29) is 5.91 Å². The van der Waals surface area contributed by atoms with Crippen molar-refractivity contribution in [1.82, 2.24) is 4.90 Å². The first-order chi connectivity index (χ1) is 13.7. The van der Waals surface area contributed by atoms with Crippen molar-refractivity contribution in [2.75, 3.05) is 7.11 Å². The van der Waals surface area contributed by atoms with Crippen LogP contribution in [0.15, 0.2) is 71.3 Å². The molecule has 3 aromatic rings. The zero-order valence-corrected chi connectivity index (χ0v) is 16.3. The Morgan fingerprint density at radius 2 is 1.79 bits per heavy atom. The first-order valence-electron chi connectivity index (χ1n) is 9.33. The summed E-state index contributed by atoms with van der Waals surface area (Å²) in [5.41, 5.74) is 2.06. The summed E-state index contributed by atoms with van der Waals surface area (Å²) in [5.74, 6) is 2.15. The van der Waals surface area contributed by atoms with Gasteiger partial charge < -0.3 is 18.8 Å². The van der Waals surface area contributed by atoms with Crippen LogP contribution in [0.4, 0.5) is 0 Å². The SMILES string of the molecule is CCC(=O)N(Cc1ccc(OCc2ccccc2)c(OC)c1)Cc1ccco1. The highest BCUT2D eigenvalue weighted by atomic mass is 16.5. The molecule has 1 aromatic heterocycles. The molecule has 0 aliphatic rings. The van der Waals surface area contributed by atoms with Crippen LogP contribution in [0.25, 0.3) is 0 Å². The summed E-state index contributed by atoms with van der Waals surface area (Å²) in [6.07, 6.45) is 2.06. The lowest BCUT2D eigenvalue weighted by atomic mass is 10.1. The minimum Gasteiger partial charge on any atom is -0.493 e. The third-order valence-electron chi connectivity index (χ3n) is 4.42. The molecule has 0 aliphatic carbocycles. The minimum absolute atomic E-state index is 0.0692. The van der Waals surface area contributed by atoms with Crippen molar-refractivity contribution in [3.63, 3.8) is 0 Å². The lowest BCUT2D eigenvalue weighted by Crippen LogP contribution is -2.29. The lowest BCUT2D eigenvalue weighted by molar-refractivity contribution is -0.132. The van der Waals surface area contributed by atoms with Crippen LogP contribution in [0, 0.1) is 0 Å². The Morgan fingerprint density at radius 1 is 0.964 bits per heavy atom. The average molecular weight is 379 g/mol. The third kappa shape index (κ3) is 5.16. The Labute approximate surface area is 165 Å². The monoisotopic (exact) mass is 379 g/mol. The molecule has 0 atom stereocenters. The molecule has 0 saturated heterocycles. The second kappa shape index (κ2) is 9.65. The van der Waals surface area contributed by atoms with Crippen molar-refractivity contribution >= 4 is 5.91 Å². The molecule has 0 radical (unpaired) electrons. The molecule has 1 amide bonds. The molecular weight excluding hydrogens is 354 g/mol. The van der Waals surface area contributed by atoms with Gasteiger partial charge in [0.25, 0.3) is 0 Å². The number of rotatable bonds is 9.